The monoisotopic (exact) mass is 430 g/mol. The summed E-state index contributed by atoms with van der Waals surface area (Å²) in [7, 11) is 0. The van der Waals surface area contributed by atoms with Crippen molar-refractivity contribution in [2.24, 2.45) is 4.99 Å². The molecule has 2 aromatic rings. The number of carbonyl (C=O) groups is 1. The summed E-state index contributed by atoms with van der Waals surface area (Å²) >= 11 is 0. The number of carbonyl (C=O) groups excluding carboxylic acids is 1. The number of aryl methyl sites for hydroxylation is 1. The molecule has 0 aromatic heterocycles. The first kappa shape index (κ1) is 21.2. The van der Waals surface area contributed by atoms with Crippen molar-refractivity contribution >= 4 is 17.6 Å². The molecule has 5 heteroatoms. The molecule has 1 unspecified atom stereocenters. The Morgan fingerprint density at radius 1 is 0.875 bits per heavy atom. The van der Waals surface area contributed by atoms with Gasteiger partial charge in [0, 0.05) is 25.6 Å². The van der Waals surface area contributed by atoms with Gasteiger partial charge in [0.15, 0.2) is 0 Å². The summed E-state index contributed by atoms with van der Waals surface area (Å²) < 4.78 is 0. The van der Waals surface area contributed by atoms with Crippen LogP contribution < -0.4 is 4.90 Å². The van der Waals surface area contributed by atoms with Gasteiger partial charge in [-0.25, -0.2) is 9.89 Å². The number of likely N-dealkylation sites (tertiary alicyclic amines) is 2. The fraction of sp³-hybridized carbons (Fsp3) is 0.481. The van der Waals surface area contributed by atoms with Crippen LogP contribution in [0.25, 0.3) is 0 Å². The van der Waals surface area contributed by atoms with Gasteiger partial charge in [-0.05, 0) is 63.4 Å². The number of anilines is 1. The maximum absolute atomic E-state index is 13.5. The summed E-state index contributed by atoms with van der Waals surface area (Å²) in [5.74, 6) is 0.933. The predicted octanol–water partition coefficient (Wildman–Crippen LogP) is 4.26. The third-order valence-electron chi connectivity index (χ3n) is 7.20. The molecule has 3 heterocycles. The molecule has 3 aliphatic heterocycles. The summed E-state index contributed by atoms with van der Waals surface area (Å²) in [4.78, 5) is 25.5. The maximum Gasteiger partial charge on any atom is 0.259 e. The zero-order valence-electron chi connectivity index (χ0n) is 19.1. The van der Waals surface area contributed by atoms with Crippen molar-refractivity contribution < 1.29 is 4.79 Å². The van der Waals surface area contributed by atoms with Crippen LogP contribution in [-0.4, -0.2) is 59.9 Å². The number of piperidine rings is 2. The van der Waals surface area contributed by atoms with Gasteiger partial charge in [-0.3, -0.25) is 4.79 Å². The van der Waals surface area contributed by atoms with Crippen LogP contribution in [0, 0.1) is 6.92 Å². The molecule has 0 saturated carbocycles. The van der Waals surface area contributed by atoms with Gasteiger partial charge in [0.1, 0.15) is 6.04 Å². The standard InChI is InChI=1S/C27H34N4O/c1-21-10-12-24(13-11-21)31-26(32)25(20-22-8-4-2-5-9-22)28-27(31)30-18-14-23(15-19-30)29-16-6-3-7-17-29/h2,4-5,8-13,23,25H,3,6-7,14-20H2,1H3. The minimum atomic E-state index is -0.353. The topological polar surface area (TPSA) is 39.2 Å². The summed E-state index contributed by atoms with van der Waals surface area (Å²) in [6, 6.07) is 18.8. The Morgan fingerprint density at radius 2 is 1.56 bits per heavy atom. The zero-order chi connectivity index (χ0) is 21.9. The van der Waals surface area contributed by atoms with Crippen molar-refractivity contribution in [3.63, 3.8) is 0 Å². The van der Waals surface area contributed by atoms with Crippen molar-refractivity contribution in [3.8, 4) is 0 Å². The largest absolute Gasteiger partial charge is 0.342 e. The summed E-state index contributed by atoms with van der Waals surface area (Å²) in [5.41, 5.74) is 3.28. The summed E-state index contributed by atoms with van der Waals surface area (Å²) in [6.45, 7) is 6.51. The van der Waals surface area contributed by atoms with E-state index in [1.165, 1.54) is 37.9 Å². The van der Waals surface area contributed by atoms with Crippen LogP contribution in [0.1, 0.15) is 43.2 Å². The molecule has 1 atom stereocenters. The molecule has 2 aromatic carbocycles. The van der Waals surface area contributed by atoms with Crippen LogP contribution in [0.3, 0.4) is 0 Å². The van der Waals surface area contributed by atoms with Crippen LogP contribution in [0.2, 0.25) is 0 Å². The van der Waals surface area contributed by atoms with Crippen LogP contribution in [0.4, 0.5) is 5.69 Å². The highest BCUT2D eigenvalue weighted by atomic mass is 16.2. The lowest BCUT2D eigenvalue weighted by Gasteiger charge is -2.41. The lowest BCUT2D eigenvalue weighted by Crippen LogP contribution is -2.52. The Balaban J connectivity index is 1.36. The van der Waals surface area contributed by atoms with Gasteiger partial charge in [-0.15, -0.1) is 0 Å². The highest BCUT2D eigenvalue weighted by Gasteiger charge is 2.39. The molecule has 0 aliphatic carbocycles. The smallest absolute Gasteiger partial charge is 0.259 e. The fourth-order valence-corrected chi connectivity index (χ4v) is 5.34. The average Bonchev–Trinajstić information content (AvgIpc) is 3.17. The van der Waals surface area contributed by atoms with E-state index in [4.69, 9.17) is 4.99 Å². The van der Waals surface area contributed by atoms with Gasteiger partial charge in [0.05, 0.1) is 5.69 Å². The summed E-state index contributed by atoms with van der Waals surface area (Å²) in [6.07, 6.45) is 7.00. The van der Waals surface area contributed by atoms with E-state index in [9.17, 15) is 4.79 Å². The third kappa shape index (κ3) is 4.44. The van der Waals surface area contributed by atoms with Gasteiger partial charge < -0.3 is 9.80 Å². The van der Waals surface area contributed by atoms with Crippen LogP contribution in [-0.2, 0) is 11.2 Å². The average molecular weight is 431 g/mol. The van der Waals surface area contributed by atoms with E-state index in [0.717, 1.165) is 43.1 Å². The maximum atomic E-state index is 13.5. The van der Waals surface area contributed by atoms with Crippen molar-refractivity contribution in [1.29, 1.82) is 0 Å². The van der Waals surface area contributed by atoms with Crippen LogP contribution >= 0.6 is 0 Å². The van der Waals surface area contributed by atoms with E-state index >= 15 is 0 Å². The van der Waals surface area contributed by atoms with E-state index in [-0.39, 0.29) is 11.9 Å². The van der Waals surface area contributed by atoms with Gasteiger partial charge in [-0.2, -0.15) is 0 Å². The molecule has 2 fully saturated rings. The molecular weight excluding hydrogens is 396 g/mol. The quantitative estimate of drug-likeness (QED) is 0.728. The Kier molecular flexibility index (Phi) is 6.26. The van der Waals surface area contributed by atoms with E-state index in [1.54, 1.807) is 0 Å². The first-order valence-electron chi connectivity index (χ1n) is 12.2. The highest BCUT2D eigenvalue weighted by molar-refractivity contribution is 6.22. The molecule has 0 radical (unpaired) electrons. The summed E-state index contributed by atoms with van der Waals surface area (Å²) in [5, 5.41) is 0. The Labute approximate surface area is 191 Å². The third-order valence-corrected chi connectivity index (χ3v) is 7.20. The number of nitrogens with zero attached hydrogens (tertiary/aromatic N) is 4. The predicted molar refractivity (Wildman–Crippen MR) is 130 cm³/mol. The number of benzene rings is 2. The van der Waals surface area contributed by atoms with Gasteiger partial charge in [-0.1, -0.05) is 54.4 Å². The number of amides is 1. The first-order chi connectivity index (χ1) is 15.7. The van der Waals surface area contributed by atoms with E-state index in [1.807, 2.05) is 35.2 Å². The lowest BCUT2D eigenvalue weighted by atomic mass is 10.00. The van der Waals surface area contributed by atoms with Gasteiger partial charge >= 0.3 is 0 Å². The lowest BCUT2D eigenvalue weighted by molar-refractivity contribution is -0.118. The van der Waals surface area contributed by atoms with E-state index in [0.29, 0.717) is 12.5 Å². The minimum Gasteiger partial charge on any atom is -0.342 e. The van der Waals surface area contributed by atoms with Crippen LogP contribution in [0.15, 0.2) is 59.6 Å². The normalized spacial score (nSPS) is 23.0. The molecule has 5 nitrogen and oxygen atoms in total. The Bertz CT molecular complexity index is 941. The van der Waals surface area contributed by atoms with E-state index in [2.05, 4.69) is 41.0 Å². The zero-order valence-corrected chi connectivity index (χ0v) is 19.1. The number of guanidine groups is 1. The molecule has 32 heavy (non-hydrogen) atoms. The Morgan fingerprint density at radius 3 is 2.25 bits per heavy atom. The SMILES string of the molecule is Cc1ccc(N2C(=O)C(Cc3ccccc3)N=C2N2CCC(N3CCCCC3)CC2)cc1. The van der Waals surface area contributed by atoms with Crippen molar-refractivity contribution in [1.82, 2.24) is 9.80 Å². The molecule has 0 N–H and O–H groups in total. The molecule has 0 spiro atoms. The molecule has 168 valence electrons. The second-order valence-corrected chi connectivity index (χ2v) is 9.46. The Hall–Kier alpha value is -2.66. The molecule has 2 saturated heterocycles. The van der Waals surface area contributed by atoms with Gasteiger partial charge in [0.2, 0.25) is 5.96 Å². The number of aliphatic imine (C=N–C) groups is 1. The number of rotatable bonds is 4. The fourth-order valence-electron chi connectivity index (χ4n) is 5.34. The second kappa shape index (κ2) is 9.45. The van der Waals surface area contributed by atoms with Gasteiger partial charge in [0.25, 0.3) is 5.91 Å². The molecule has 3 aliphatic rings. The molecule has 0 bridgehead atoms. The minimum absolute atomic E-state index is 0.0888. The number of hydrogen-bond acceptors (Lipinski definition) is 4. The van der Waals surface area contributed by atoms with Crippen molar-refractivity contribution in [2.75, 3.05) is 31.1 Å². The second-order valence-electron chi connectivity index (χ2n) is 9.46. The van der Waals surface area contributed by atoms with Crippen molar-refractivity contribution in [2.45, 2.75) is 57.5 Å². The van der Waals surface area contributed by atoms with Crippen molar-refractivity contribution in [3.05, 3.63) is 65.7 Å². The molecule has 1 amide bonds. The molecular formula is C27H34N4O. The van der Waals surface area contributed by atoms with E-state index < -0.39 is 0 Å². The first-order valence-corrected chi connectivity index (χ1v) is 12.2. The number of hydrogen-bond donors (Lipinski definition) is 0. The highest BCUT2D eigenvalue weighted by Crippen LogP contribution is 2.28. The molecule has 5 rings (SSSR count). The van der Waals surface area contributed by atoms with Crippen LogP contribution in [0.5, 0.6) is 0 Å².